The lowest BCUT2D eigenvalue weighted by Gasteiger charge is -2.29. The number of carbonyl (C=O) groups excluding carboxylic acids is 3. The molecule has 0 bridgehead atoms. The molecule has 1 aromatic carbocycles. The monoisotopic (exact) mass is 316 g/mol. The molecule has 0 N–H and O–H groups in total. The summed E-state index contributed by atoms with van der Waals surface area (Å²) in [6.07, 6.45) is 1.69. The summed E-state index contributed by atoms with van der Waals surface area (Å²) >= 11 is 0. The smallest absolute Gasteiger partial charge is 0.338 e. The molecule has 2 rings (SSSR count). The second kappa shape index (κ2) is 7.22. The normalized spacial score (nSPS) is 27.2. The highest BCUT2D eigenvalue weighted by Gasteiger charge is 2.38. The molecule has 0 unspecified atom stereocenters. The molecule has 0 amide bonds. The van der Waals surface area contributed by atoms with Crippen LogP contribution in [-0.4, -0.2) is 29.9 Å². The van der Waals surface area contributed by atoms with Crippen LogP contribution in [0.15, 0.2) is 42.5 Å². The van der Waals surface area contributed by atoms with E-state index in [2.05, 4.69) is 0 Å². The lowest BCUT2D eigenvalue weighted by atomic mass is 9.89. The van der Waals surface area contributed by atoms with E-state index in [4.69, 9.17) is 9.47 Å². The van der Waals surface area contributed by atoms with Crippen LogP contribution in [0.25, 0.3) is 0 Å². The lowest BCUT2D eigenvalue weighted by molar-refractivity contribution is -0.155. The lowest BCUT2D eigenvalue weighted by Crippen LogP contribution is -2.39. The third-order valence-electron chi connectivity index (χ3n) is 3.98. The molecule has 0 aromatic heterocycles. The summed E-state index contributed by atoms with van der Waals surface area (Å²) < 4.78 is 10.8. The number of esters is 2. The molecule has 0 fully saturated rings. The molecule has 5 nitrogen and oxygen atoms in total. The van der Waals surface area contributed by atoms with Crippen molar-refractivity contribution in [1.29, 1.82) is 0 Å². The van der Waals surface area contributed by atoms with Crippen molar-refractivity contribution in [2.45, 2.75) is 33.0 Å². The van der Waals surface area contributed by atoms with Crippen molar-refractivity contribution < 1.29 is 23.9 Å². The maximum absolute atomic E-state index is 12.2. The Hall–Kier alpha value is -2.43. The summed E-state index contributed by atoms with van der Waals surface area (Å²) in [5.74, 6) is -1.90. The van der Waals surface area contributed by atoms with Crippen molar-refractivity contribution in [3.05, 3.63) is 48.0 Å². The molecule has 0 saturated heterocycles. The molecule has 0 aliphatic heterocycles. The fourth-order valence-corrected chi connectivity index (χ4v) is 2.63. The first-order valence-electron chi connectivity index (χ1n) is 7.55. The molecule has 1 aliphatic carbocycles. The second-order valence-electron chi connectivity index (χ2n) is 5.72. The van der Waals surface area contributed by atoms with Gasteiger partial charge in [0.15, 0.2) is 5.78 Å². The van der Waals surface area contributed by atoms with Gasteiger partial charge in [-0.25, -0.2) is 4.79 Å². The Morgan fingerprint density at radius 3 is 2.30 bits per heavy atom. The minimum atomic E-state index is -0.638. The van der Waals surface area contributed by atoms with Gasteiger partial charge < -0.3 is 9.47 Å². The van der Waals surface area contributed by atoms with Gasteiger partial charge in [-0.15, -0.1) is 0 Å². The van der Waals surface area contributed by atoms with E-state index in [1.165, 1.54) is 13.0 Å². The van der Waals surface area contributed by atoms with Crippen molar-refractivity contribution in [3.63, 3.8) is 0 Å². The Morgan fingerprint density at radius 1 is 1.04 bits per heavy atom. The fourth-order valence-electron chi connectivity index (χ4n) is 2.63. The molecule has 0 radical (unpaired) electrons. The van der Waals surface area contributed by atoms with Gasteiger partial charge in [0.1, 0.15) is 12.2 Å². The molecular weight excluding hydrogens is 296 g/mol. The Bertz CT molecular complexity index is 620. The minimum absolute atomic E-state index is 0.152. The van der Waals surface area contributed by atoms with Crippen LogP contribution in [0.2, 0.25) is 0 Å². The Kier molecular flexibility index (Phi) is 5.32. The standard InChI is InChI=1S/C18H20O5/c1-11-15(20)9-10-16(12(2)17(11)22-13(3)19)23-18(21)14-7-5-4-6-8-14/h4-12,16-17H,1-3H3/t11-,12+,16-,17-/m1/s1. The van der Waals surface area contributed by atoms with Crippen molar-refractivity contribution in [3.8, 4) is 0 Å². The first-order chi connectivity index (χ1) is 10.9. The quantitative estimate of drug-likeness (QED) is 0.802. The molecule has 5 heteroatoms. The van der Waals surface area contributed by atoms with E-state index >= 15 is 0 Å². The SMILES string of the molecule is CC(=O)O[C@H]1[C@@H](C)[C@H](OC(=O)c2ccccc2)C=CC(=O)[C@H]1C. The van der Waals surface area contributed by atoms with Gasteiger partial charge in [0, 0.05) is 12.8 Å². The first kappa shape index (κ1) is 16.9. The molecule has 122 valence electrons. The van der Waals surface area contributed by atoms with Gasteiger partial charge in [-0.05, 0) is 24.3 Å². The van der Waals surface area contributed by atoms with E-state index in [1.54, 1.807) is 44.2 Å². The van der Waals surface area contributed by atoms with Crippen LogP contribution < -0.4 is 0 Å². The molecule has 4 atom stereocenters. The average Bonchev–Trinajstić information content (AvgIpc) is 2.63. The van der Waals surface area contributed by atoms with Crippen LogP contribution >= 0.6 is 0 Å². The molecular formula is C18H20O5. The minimum Gasteiger partial charge on any atom is -0.461 e. The topological polar surface area (TPSA) is 69.7 Å². The highest BCUT2D eigenvalue weighted by Crippen LogP contribution is 2.27. The van der Waals surface area contributed by atoms with E-state index in [-0.39, 0.29) is 11.7 Å². The van der Waals surface area contributed by atoms with E-state index in [0.717, 1.165) is 0 Å². The zero-order valence-electron chi connectivity index (χ0n) is 13.4. The Morgan fingerprint density at radius 2 is 1.70 bits per heavy atom. The zero-order valence-corrected chi connectivity index (χ0v) is 13.4. The van der Waals surface area contributed by atoms with E-state index < -0.39 is 30.1 Å². The number of ether oxygens (including phenoxy) is 2. The summed E-state index contributed by atoms with van der Waals surface area (Å²) in [5.41, 5.74) is 0.431. The molecule has 1 aliphatic rings. The largest absolute Gasteiger partial charge is 0.461 e. The summed E-state index contributed by atoms with van der Waals surface area (Å²) in [6.45, 7) is 4.81. The number of carbonyl (C=O) groups is 3. The van der Waals surface area contributed by atoms with Gasteiger partial charge >= 0.3 is 11.9 Å². The highest BCUT2D eigenvalue weighted by atomic mass is 16.6. The van der Waals surface area contributed by atoms with Crippen LogP contribution in [0.1, 0.15) is 31.1 Å². The Balaban J connectivity index is 2.19. The van der Waals surface area contributed by atoms with Crippen molar-refractivity contribution in [2.24, 2.45) is 11.8 Å². The molecule has 1 aromatic rings. The Labute approximate surface area is 135 Å². The fraction of sp³-hybridized carbons (Fsp3) is 0.389. The summed E-state index contributed by atoms with van der Waals surface area (Å²) in [6, 6.07) is 8.62. The zero-order chi connectivity index (χ0) is 17.0. The van der Waals surface area contributed by atoms with Crippen LogP contribution in [0.3, 0.4) is 0 Å². The van der Waals surface area contributed by atoms with Crippen LogP contribution in [0.4, 0.5) is 0 Å². The third kappa shape index (κ3) is 4.06. The van der Waals surface area contributed by atoms with Crippen molar-refractivity contribution in [2.75, 3.05) is 0 Å². The molecule has 0 heterocycles. The number of allylic oxidation sites excluding steroid dienone is 1. The first-order valence-corrected chi connectivity index (χ1v) is 7.55. The van der Waals surface area contributed by atoms with E-state index in [9.17, 15) is 14.4 Å². The number of benzene rings is 1. The van der Waals surface area contributed by atoms with Gasteiger partial charge in [0.2, 0.25) is 0 Å². The van der Waals surface area contributed by atoms with Gasteiger partial charge in [-0.1, -0.05) is 32.0 Å². The van der Waals surface area contributed by atoms with E-state index in [0.29, 0.717) is 5.56 Å². The number of hydrogen-bond donors (Lipinski definition) is 0. The van der Waals surface area contributed by atoms with Gasteiger partial charge in [-0.2, -0.15) is 0 Å². The number of hydrogen-bond acceptors (Lipinski definition) is 5. The van der Waals surface area contributed by atoms with Crippen molar-refractivity contribution in [1.82, 2.24) is 0 Å². The molecule has 0 saturated carbocycles. The number of ketones is 1. The van der Waals surface area contributed by atoms with Crippen molar-refractivity contribution >= 4 is 17.7 Å². The highest BCUT2D eigenvalue weighted by molar-refractivity contribution is 5.93. The second-order valence-corrected chi connectivity index (χ2v) is 5.72. The van der Waals surface area contributed by atoms with Crippen LogP contribution in [0, 0.1) is 11.8 Å². The van der Waals surface area contributed by atoms with Crippen LogP contribution in [0.5, 0.6) is 0 Å². The predicted molar refractivity (Wildman–Crippen MR) is 83.7 cm³/mol. The van der Waals surface area contributed by atoms with Gasteiger partial charge in [0.05, 0.1) is 11.5 Å². The number of rotatable bonds is 3. The molecule has 23 heavy (non-hydrogen) atoms. The van der Waals surface area contributed by atoms with Gasteiger partial charge in [0.25, 0.3) is 0 Å². The van der Waals surface area contributed by atoms with Crippen LogP contribution in [-0.2, 0) is 19.1 Å². The predicted octanol–water partition coefficient (Wildman–Crippen LogP) is 2.55. The molecule has 0 spiro atoms. The third-order valence-corrected chi connectivity index (χ3v) is 3.98. The summed E-state index contributed by atoms with van der Waals surface area (Å²) in [4.78, 5) is 35.6. The maximum atomic E-state index is 12.2. The summed E-state index contributed by atoms with van der Waals surface area (Å²) in [7, 11) is 0. The van der Waals surface area contributed by atoms with Gasteiger partial charge in [-0.3, -0.25) is 9.59 Å². The summed E-state index contributed by atoms with van der Waals surface area (Å²) in [5, 5.41) is 0. The average molecular weight is 316 g/mol. The maximum Gasteiger partial charge on any atom is 0.338 e. The van der Waals surface area contributed by atoms with E-state index in [1.807, 2.05) is 6.07 Å².